The third kappa shape index (κ3) is 2.73. The van der Waals surface area contributed by atoms with Crippen LogP contribution in [0.1, 0.15) is 31.8 Å². The molecule has 0 radical (unpaired) electrons. The molecule has 0 aromatic heterocycles. The molecular formula is C18H16F2N2O4. The van der Waals surface area contributed by atoms with Gasteiger partial charge in [0.1, 0.15) is 0 Å². The van der Waals surface area contributed by atoms with Crippen molar-refractivity contribution >= 4 is 22.9 Å². The third-order valence-corrected chi connectivity index (χ3v) is 4.08. The Bertz CT molecular complexity index is 827. The van der Waals surface area contributed by atoms with Crippen LogP contribution < -0.4 is 10.6 Å². The van der Waals surface area contributed by atoms with Crippen molar-refractivity contribution in [1.29, 1.82) is 0 Å². The normalized spacial score (nSPS) is 12.6. The first-order valence-corrected chi connectivity index (χ1v) is 7.95. The minimum Gasteiger partial charge on any atom is -0.395 e. The SMILES string of the molecule is O=C1c2ccccc2C(=O)c2c(NCCO)c(F)c(F)c(NCCO)c21. The molecule has 0 bridgehead atoms. The van der Waals surface area contributed by atoms with Gasteiger partial charge in [-0.1, -0.05) is 24.3 Å². The molecule has 26 heavy (non-hydrogen) atoms. The van der Waals surface area contributed by atoms with Gasteiger partial charge in [0.05, 0.1) is 35.7 Å². The molecule has 2 aromatic carbocycles. The van der Waals surface area contributed by atoms with Gasteiger partial charge in [-0.05, 0) is 0 Å². The van der Waals surface area contributed by atoms with Gasteiger partial charge in [-0.2, -0.15) is 0 Å². The fourth-order valence-corrected chi connectivity index (χ4v) is 2.99. The summed E-state index contributed by atoms with van der Waals surface area (Å²) in [6.07, 6.45) is 0. The largest absolute Gasteiger partial charge is 0.395 e. The first-order chi connectivity index (χ1) is 12.5. The van der Waals surface area contributed by atoms with Crippen molar-refractivity contribution in [2.24, 2.45) is 0 Å². The van der Waals surface area contributed by atoms with Crippen molar-refractivity contribution in [1.82, 2.24) is 0 Å². The van der Waals surface area contributed by atoms with Crippen molar-refractivity contribution in [3.8, 4) is 0 Å². The number of aliphatic hydroxyl groups is 2. The number of anilines is 2. The molecule has 8 heteroatoms. The summed E-state index contributed by atoms with van der Waals surface area (Å²) in [6, 6.07) is 6.02. The average Bonchev–Trinajstić information content (AvgIpc) is 2.66. The number of carbonyl (C=O) groups excluding carboxylic acids is 2. The molecule has 1 aliphatic rings. The zero-order chi connectivity index (χ0) is 18.8. The number of rotatable bonds is 6. The van der Waals surface area contributed by atoms with Crippen LogP contribution in [0.5, 0.6) is 0 Å². The molecule has 0 atom stereocenters. The molecule has 0 fully saturated rings. The van der Waals surface area contributed by atoms with Crippen LogP contribution in [0, 0.1) is 11.6 Å². The van der Waals surface area contributed by atoms with Crippen LogP contribution in [-0.4, -0.2) is 48.1 Å². The number of fused-ring (bicyclic) bond motifs is 2. The zero-order valence-corrected chi connectivity index (χ0v) is 13.6. The number of halogens is 2. The van der Waals surface area contributed by atoms with Crippen LogP contribution in [0.3, 0.4) is 0 Å². The smallest absolute Gasteiger partial charge is 0.196 e. The molecule has 1 aliphatic carbocycles. The van der Waals surface area contributed by atoms with Gasteiger partial charge in [-0.15, -0.1) is 0 Å². The van der Waals surface area contributed by atoms with E-state index in [1.165, 1.54) is 12.1 Å². The molecule has 0 heterocycles. The lowest BCUT2D eigenvalue weighted by atomic mass is 9.82. The van der Waals surface area contributed by atoms with E-state index in [4.69, 9.17) is 10.2 Å². The molecule has 2 aromatic rings. The van der Waals surface area contributed by atoms with Crippen molar-refractivity contribution in [2.75, 3.05) is 36.9 Å². The standard InChI is InChI=1S/C18H16F2N2O4/c19-13-14(20)16(22-6-8-24)12-11(15(13)21-5-7-23)17(25)9-3-1-2-4-10(9)18(12)26/h1-4,21-24H,5-8H2. The number of aliphatic hydroxyl groups excluding tert-OH is 2. The van der Waals surface area contributed by atoms with Crippen molar-refractivity contribution in [2.45, 2.75) is 0 Å². The second-order valence-electron chi connectivity index (χ2n) is 5.63. The number of hydrogen-bond acceptors (Lipinski definition) is 6. The number of hydrogen-bond donors (Lipinski definition) is 4. The lowest BCUT2D eigenvalue weighted by molar-refractivity contribution is 0.0979. The topological polar surface area (TPSA) is 98.7 Å². The first kappa shape index (κ1) is 18.0. The zero-order valence-electron chi connectivity index (χ0n) is 13.6. The molecule has 6 nitrogen and oxygen atoms in total. The van der Waals surface area contributed by atoms with E-state index < -0.39 is 34.6 Å². The van der Waals surface area contributed by atoms with E-state index in [9.17, 15) is 18.4 Å². The van der Waals surface area contributed by atoms with Crippen LogP contribution in [0.15, 0.2) is 24.3 Å². The molecular weight excluding hydrogens is 346 g/mol. The second-order valence-corrected chi connectivity index (χ2v) is 5.63. The van der Waals surface area contributed by atoms with Crippen LogP contribution in [-0.2, 0) is 0 Å². The number of carbonyl (C=O) groups is 2. The fraction of sp³-hybridized carbons (Fsp3) is 0.222. The maximum Gasteiger partial charge on any atom is 0.196 e. The van der Waals surface area contributed by atoms with Crippen molar-refractivity contribution < 1.29 is 28.6 Å². The van der Waals surface area contributed by atoms with Crippen LogP contribution >= 0.6 is 0 Å². The van der Waals surface area contributed by atoms with Gasteiger partial charge in [0.15, 0.2) is 23.2 Å². The van der Waals surface area contributed by atoms with Gasteiger partial charge in [-0.25, -0.2) is 8.78 Å². The maximum absolute atomic E-state index is 14.6. The van der Waals surface area contributed by atoms with Gasteiger partial charge in [-0.3, -0.25) is 9.59 Å². The molecule has 0 amide bonds. The number of nitrogens with one attached hydrogen (secondary N) is 2. The lowest BCUT2D eigenvalue weighted by Crippen LogP contribution is -2.27. The van der Waals surface area contributed by atoms with Crippen LogP contribution in [0.2, 0.25) is 0 Å². The Balaban J connectivity index is 2.32. The van der Waals surface area contributed by atoms with E-state index in [2.05, 4.69) is 10.6 Å². The summed E-state index contributed by atoms with van der Waals surface area (Å²) >= 11 is 0. The summed E-state index contributed by atoms with van der Waals surface area (Å²) in [5, 5.41) is 22.9. The molecule has 0 saturated heterocycles. The molecule has 0 spiro atoms. The molecule has 0 unspecified atom stereocenters. The Morgan fingerprint density at radius 1 is 0.769 bits per heavy atom. The van der Waals surface area contributed by atoms with Gasteiger partial charge in [0.25, 0.3) is 0 Å². The van der Waals surface area contributed by atoms with Gasteiger partial charge in [0, 0.05) is 24.2 Å². The highest BCUT2D eigenvalue weighted by atomic mass is 19.2. The van der Waals surface area contributed by atoms with E-state index in [-0.39, 0.29) is 48.6 Å². The van der Waals surface area contributed by atoms with E-state index in [1.54, 1.807) is 12.1 Å². The quantitative estimate of drug-likeness (QED) is 0.531. The van der Waals surface area contributed by atoms with Crippen LogP contribution in [0.4, 0.5) is 20.2 Å². The van der Waals surface area contributed by atoms with E-state index in [1.807, 2.05) is 0 Å². The van der Waals surface area contributed by atoms with Gasteiger partial charge < -0.3 is 20.8 Å². The highest BCUT2D eigenvalue weighted by Crippen LogP contribution is 2.40. The fourth-order valence-electron chi connectivity index (χ4n) is 2.99. The van der Waals surface area contributed by atoms with E-state index in [0.717, 1.165) is 0 Å². The number of benzene rings is 2. The lowest BCUT2D eigenvalue weighted by Gasteiger charge is -2.24. The Morgan fingerprint density at radius 2 is 1.15 bits per heavy atom. The average molecular weight is 362 g/mol. The Hall–Kier alpha value is -2.84. The van der Waals surface area contributed by atoms with E-state index in [0.29, 0.717) is 0 Å². The van der Waals surface area contributed by atoms with E-state index >= 15 is 0 Å². The molecule has 0 saturated carbocycles. The molecule has 136 valence electrons. The monoisotopic (exact) mass is 362 g/mol. The van der Waals surface area contributed by atoms with Crippen molar-refractivity contribution in [3.05, 3.63) is 58.2 Å². The Morgan fingerprint density at radius 3 is 1.50 bits per heavy atom. The molecule has 0 aliphatic heterocycles. The third-order valence-electron chi connectivity index (χ3n) is 4.08. The highest BCUT2D eigenvalue weighted by molar-refractivity contribution is 6.32. The van der Waals surface area contributed by atoms with Gasteiger partial charge >= 0.3 is 0 Å². The summed E-state index contributed by atoms with van der Waals surface area (Å²) in [5.74, 6) is -3.92. The predicted molar refractivity (Wildman–Crippen MR) is 90.8 cm³/mol. The first-order valence-electron chi connectivity index (χ1n) is 7.95. The summed E-state index contributed by atoms with van der Waals surface area (Å²) in [5.41, 5.74) is -1.32. The summed E-state index contributed by atoms with van der Waals surface area (Å²) in [6.45, 7) is -1.01. The number of ketones is 2. The van der Waals surface area contributed by atoms with Crippen LogP contribution in [0.25, 0.3) is 0 Å². The minimum absolute atomic E-state index is 0.0937. The summed E-state index contributed by atoms with van der Waals surface area (Å²) in [7, 11) is 0. The molecule has 4 N–H and O–H groups in total. The second kappa shape index (κ2) is 7.19. The summed E-state index contributed by atoms with van der Waals surface area (Å²) in [4.78, 5) is 25.8. The molecule has 3 rings (SSSR count). The Kier molecular flexibility index (Phi) is 4.97. The predicted octanol–water partition coefficient (Wildman–Crippen LogP) is 1.55. The minimum atomic E-state index is -1.34. The maximum atomic E-state index is 14.6. The Labute approximate surface area is 147 Å². The van der Waals surface area contributed by atoms with Gasteiger partial charge in [0.2, 0.25) is 0 Å². The highest BCUT2D eigenvalue weighted by Gasteiger charge is 2.37. The van der Waals surface area contributed by atoms with Crippen molar-refractivity contribution in [3.63, 3.8) is 0 Å². The summed E-state index contributed by atoms with van der Waals surface area (Å²) < 4.78 is 29.2.